The lowest BCUT2D eigenvalue weighted by Gasteiger charge is -2.37. The van der Waals surface area contributed by atoms with Crippen LogP contribution in [-0.4, -0.2) is 46.5 Å². The Kier molecular flexibility index (Phi) is 4.91. The Balaban J connectivity index is 2.21. The van der Waals surface area contributed by atoms with Crippen LogP contribution in [0.1, 0.15) is 25.7 Å². The zero-order valence-electron chi connectivity index (χ0n) is 13.0. The van der Waals surface area contributed by atoms with Gasteiger partial charge in [-0.2, -0.15) is 0 Å². The Bertz CT molecular complexity index is 578. The number of anilines is 1. The molecule has 0 heterocycles. The van der Waals surface area contributed by atoms with Crippen molar-refractivity contribution in [3.63, 3.8) is 0 Å². The Hall–Kier alpha value is -1.11. The van der Waals surface area contributed by atoms with Crippen LogP contribution in [0.4, 0.5) is 5.69 Å². The first kappa shape index (κ1) is 16.3. The quantitative estimate of drug-likeness (QED) is 0.842. The number of hydrogen-bond donors (Lipinski definition) is 2. The van der Waals surface area contributed by atoms with E-state index in [0.29, 0.717) is 10.6 Å². The van der Waals surface area contributed by atoms with E-state index in [2.05, 4.69) is 29.0 Å². The maximum Gasteiger partial charge on any atom is 0.242 e. The molecule has 5 nitrogen and oxygen atoms in total. The number of benzene rings is 1. The van der Waals surface area contributed by atoms with Gasteiger partial charge in [0.15, 0.2) is 0 Å². The molecular formula is C15H25N3O2S. The SMILES string of the molecule is CNS(=O)(=O)c1ccccc1NCC1(N(C)C)CCCC1. The van der Waals surface area contributed by atoms with Crippen LogP contribution in [-0.2, 0) is 10.0 Å². The number of hydrogen-bond acceptors (Lipinski definition) is 4. The summed E-state index contributed by atoms with van der Waals surface area (Å²) in [6.07, 6.45) is 4.76. The van der Waals surface area contributed by atoms with Gasteiger partial charge in [0.25, 0.3) is 0 Å². The average Bonchev–Trinajstić information content (AvgIpc) is 2.95. The van der Waals surface area contributed by atoms with Crippen molar-refractivity contribution in [1.29, 1.82) is 0 Å². The normalized spacial score (nSPS) is 18.1. The van der Waals surface area contributed by atoms with E-state index in [4.69, 9.17) is 0 Å². The largest absolute Gasteiger partial charge is 0.382 e. The molecule has 1 saturated carbocycles. The maximum atomic E-state index is 12.1. The molecule has 1 aromatic rings. The monoisotopic (exact) mass is 311 g/mol. The molecule has 0 atom stereocenters. The molecule has 0 aromatic heterocycles. The third-order valence-corrected chi connectivity index (χ3v) is 6.01. The van der Waals surface area contributed by atoms with Crippen LogP contribution >= 0.6 is 0 Å². The molecule has 0 amide bonds. The highest BCUT2D eigenvalue weighted by atomic mass is 32.2. The second-order valence-electron chi connectivity index (χ2n) is 5.88. The summed E-state index contributed by atoms with van der Waals surface area (Å²) in [5, 5.41) is 3.36. The first-order valence-corrected chi connectivity index (χ1v) is 8.83. The predicted molar refractivity (Wildman–Crippen MR) is 86.1 cm³/mol. The van der Waals surface area contributed by atoms with Crippen LogP contribution in [0.5, 0.6) is 0 Å². The summed E-state index contributed by atoms with van der Waals surface area (Å²) >= 11 is 0. The van der Waals surface area contributed by atoms with Crippen LogP contribution in [0, 0.1) is 0 Å². The molecule has 2 rings (SSSR count). The van der Waals surface area contributed by atoms with Crippen molar-refractivity contribution >= 4 is 15.7 Å². The van der Waals surface area contributed by atoms with Gasteiger partial charge < -0.3 is 10.2 Å². The maximum absolute atomic E-state index is 12.1. The van der Waals surface area contributed by atoms with Gasteiger partial charge in [-0.3, -0.25) is 0 Å². The van der Waals surface area contributed by atoms with Gasteiger partial charge in [0.1, 0.15) is 4.90 Å². The fraction of sp³-hybridized carbons (Fsp3) is 0.600. The topological polar surface area (TPSA) is 61.4 Å². The number of nitrogens with one attached hydrogen (secondary N) is 2. The van der Waals surface area contributed by atoms with E-state index in [1.807, 2.05) is 12.1 Å². The van der Waals surface area contributed by atoms with Crippen LogP contribution in [0.25, 0.3) is 0 Å². The van der Waals surface area contributed by atoms with E-state index in [1.165, 1.54) is 19.9 Å². The lowest BCUT2D eigenvalue weighted by atomic mass is 9.96. The van der Waals surface area contributed by atoms with Gasteiger partial charge in [0.05, 0.1) is 5.69 Å². The van der Waals surface area contributed by atoms with E-state index >= 15 is 0 Å². The summed E-state index contributed by atoms with van der Waals surface area (Å²) < 4.78 is 26.5. The summed E-state index contributed by atoms with van der Waals surface area (Å²) in [5.74, 6) is 0. The molecule has 0 spiro atoms. The molecule has 2 N–H and O–H groups in total. The number of nitrogens with zero attached hydrogens (tertiary/aromatic N) is 1. The van der Waals surface area contributed by atoms with Gasteiger partial charge in [-0.25, -0.2) is 13.1 Å². The molecular weight excluding hydrogens is 286 g/mol. The van der Waals surface area contributed by atoms with Gasteiger partial charge in [-0.1, -0.05) is 25.0 Å². The number of likely N-dealkylation sites (N-methyl/N-ethyl adjacent to an activating group) is 1. The minimum Gasteiger partial charge on any atom is -0.382 e. The fourth-order valence-electron chi connectivity index (χ4n) is 3.03. The van der Waals surface area contributed by atoms with Crippen molar-refractivity contribution < 1.29 is 8.42 Å². The highest BCUT2D eigenvalue weighted by Crippen LogP contribution is 2.34. The molecule has 6 heteroatoms. The minimum absolute atomic E-state index is 0.122. The lowest BCUT2D eigenvalue weighted by Crippen LogP contribution is -2.47. The van der Waals surface area contributed by atoms with E-state index in [9.17, 15) is 8.42 Å². The van der Waals surface area contributed by atoms with Crippen LogP contribution < -0.4 is 10.0 Å². The smallest absolute Gasteiger partial charge is 0.242 e. The third kappa shape index (κ3) is 3.39. The molecule has 1 aliphatic carbocycles. The van der Waals surface area contributed by atoms with Gasteiger partial charge in [0.2, 0.25) is 10.0 Å². The molecule has 0 unspecified atom stereocenters. The molecule has 21 heavy (non-hydrogen) atoms. The van der Waals surface area contributed by atoms with E-state index in [0.717, 1.165) is 19.4 Å². The van der Waals surface area contributed by atoms with Crippen LogP contribution in [0.2, 0.25) is 0 Å². The first-order valence-electron chi connectivity index (χ1n) is 7.35. The highest BCUT2D eigenvalue weighted by Gasteiger charge is 2.35. The predicted octanol–water partition coefficient (Wildman–Crippen LogP) is 1.88. The molecule has 118 valence electrons. The van der Waals surface area contributed by atoms with Crippen molar-refractivity contribution in [3.8, 4) is 0 Å². The Morgan fingerprint density at radius 2 is 1.81 bits per heavy atom. The standard InChI is InChI=1S/C15H25N3O2S/c1-16-21(19,20)14-9-5-4-8-13(14)17-12-15(18(2)3)10-6-7-11-15/h4-5,8-9,16-17H,6-7,10-12H2,1-3H3. The summed E-state index contributed by atoms with van der Waals surface area (Å²) in [5.41, 5.74) is 0.788. The second-order valence-corrected chi connectivity index (χ2v) is 7.74. The number of rotatable bonds is 6. The third-order valence-electron chi connectivity index (χ3n) is 4.54. The van der Waals surface area contributed by atoms with Crippen molar-refractivity contribution in [3.05, 3.63) is 24.3 Å². The molecule has 1 aliphatic rings. The second kappa shape index (κ2) is 6.34. The molecule has 1 fully saturated rings. The van der Waals surface area contributed by atoms with Gasteiger partial charge >= 0.3 is 0 Å². The molecule has 0 saturated heterocycles. The Morgan fingerprint density at radius 3 is 2.38 bits per heavy atom. The summed E-state index contributed by atoms with van der Waals surface area (Å²) in [6.45, 7) is 0.760. The molecule has 0 aliphatic heterocycles. The van der Waals surface area contributed by atoms with Crippen molar-refractivity contribution in [2.45, 2.75) is 36.1 Å². The zero-order valence-corrected chi connectivity index (χ0v) is 13.8. The lowest BCUT2D eigenvalue weighted by molar-refractivity contribution is 0.172. The number of para-hydroxylation sites is 1. The van der Waals surface area contributed by atoms with Crippen molar-refractivity contribution in [1.82, 2.24) is 9.62 Å². The number of sulfonamides is 1. The fourth-order valence-corrected chi connectivity index (χ4v) is 3.94. The Labute approximate surface area is 127 Å². The molecule has 0 bridgehead atoms. The van der Waals surface area contributed by atoms with E-state index in [-0.39, 0.29) is 5.54 Å². The van der Waals surface area contributed by atoms with Crippen molar-refractivity contribution in [2.75, 3.05) is 33.0 Å². The van der Waals surface area contributed by atoms with Gasteiger partial charge in [0, 0.05) is 12.1 Å². The van der Waals surface area contributed by atoms with Crippen LogP contribution in [0.15, 0.2) is 29.2 Å². The zero-order chi connectivity index (χ0) is 15.5. The van der Waals surface area contributed by atoms with Gasteiger partial charge in [-0.15, -0.1) is 0 Å². The Morgan fingerprint density at radius 1 is 1.19 bits per heavy atom. The van der Waals surface area contributed by atoms with Crippen LogP contribution in [0.3, 0.4) is 0 Å². The molecule has 0 radical (unpaired) electrons. The van der Waals surface area contributed by atoms with Crippen molar-refractivity contribution in [2.24, 2.45) is 0 Å². The molecule has 1 aromatic carbocycles. The summed E-state index contributed by atoms with van der Waals surface area (Å²) in [6, 6.07) is 7.05. The first-order chi connectivity index (χ1) is 9.91. The van der Waals surface area contributed by atoms with E-state index in [1.54, 1.807) is 12.1 Å². The summed E-state index contributed by atoms with van der Waals surface area (Å²) in [4.78, 5) is 2.57. The van der Waals surface area contributed by atoms with Gasteiger partial charge in [-0.05, 0) is 46.1 Å². The average molecular weight is 311 g/mol. The van der Waals surface area contributed by atoms with E-state index < -0.39 is 10.0 Å². The minimum atomic E-state index is -3.44. The summed E-state index contributed by atoms with van der Waals surface area (Å²) in [7, 11) is 2.20. The highest BCUT2D eigenvalue weighted by molar-refractivity contribution is 7.89.